The van der Waals surface area contributed by atoms with Crippen molar-refractivity contribution in [2.75, 3.05) is 31.1 Å². The molecule has 1 unspecified atom stereocenters. The number of benzene rings is 2. The normalized spacial score (nSPS) is 15.9. The Morgan fingerprint density at radius 2 is 1.64 bits per heavy atom. The first-order valence-corrected chi connectivity index (χ1v) is 14.0. The van der Waals surface area contributed by atoms with E-state index in [0.29, 0.717) is 31.1 Å². The van der Waals surface area contributed by atoms with Gasteiger partial charge in [-0.25, -0.2) is 23.1 Å². The Bertz CT molecular complexity index is 1440. The second kappa shape index (κ2) is 9.99. The molecule has 4 aromatic rings. The Kier molecular flexibility index (Phi) is 6.77. The number of rotatable bonds is 7. The summed E-state index contributed by atoms with van der Waals surface area (Å²) >= 11 is 0. The zero-order chi connectivity index (χ0) is 25.3. The molecule has 5 rings (SSSR count). The van der Waals surface area contributed by atoms with Gasteiger partial charge in [-0.15, -0.1) is 0 Å². The lowest BCUT2D eigenvalue weighted by Crippen LogP contribution is -2.49. The van der Waals surface area contributed by atoms with Crippen LogP contribution in [-0.4, -0.2) is 58.7 Å². The van der Waals surface area contributed by atoms with Crippen LogP contribution in [0.3, 0.4) is 0 Å². The van der Waals surface area contributed by atoms with Crippen molar-refractivity contribution >= 4 is 26.9 Å². The fourth-order valence-electron chi connectivity index (χ4n) is 4.69. The molecule has 0 saturated carbocycles. The van der Waals surface area contributed by atoms with E-state index in [2.05, 4.69) is 23.8 Å². The number of aryl methyl sites for hydroxylation is 1. The largest absolute Gasteiger partial charge is 0.353 e. The third kappa shape index (κ3) is 4.60. The first-order valence-electron chi connectivity index (χ1n) is 12.5. The third-order valence-electron chi connectivity index (χ3n) is 6.79. The predicted octanol–water partition coefficient (Wildman–Crippen LogP) is 4.54. The van der Waals surface area contributed by atoms with E-state index in [-0.39, 0.29) is 5.92 Å². The topological polar surface area (TPSA) is 84.2 Å². The van der Waals surface area contributed by atoms with Crippen molar-refractivity contribution < 1.29 is 8.42 Å². The van der Waals surface area contributed by atoms with Gasteiger partial charge in [-0.2, -0.15) is 9.40 Å². The second-order valence-corrected chi connectivity index (χ2v) is 11.4. The highest BCUT2D eigenvalue weighted by molar-refractivity contribution is 7.89. The SMILES string of the molecule is CCCC(C)c1nc(N2CCN(S(=O)(=O)c3ccc(C)cc3)CC2)c2cnn(-c3ccccc3)c2n1. The molecule has 36 heavy (non-hydrogen) atoms. The molecule has 0 amide bonds. The summed E-state index contributed by atoms with van der Waals surface area (Å²) in [6, 6.07) is 17.0. The summed E-state index contributed by atoms with van der Waals surface area (Å²) in [7, 11) is -3.53. The lowest BCUT2D eigenvalue weighted by molar-refractivity contribution is 0.384. The maximum atomic E-state index is 13.2. The lowest BCUT2D eigenvalue weighted by atomic mass is 10.1. The number of hydrogen-bond donors (Lipinski definition) is 0. The fraction of sp³-hybridized carbons (Fsp3) is 0.370. The fourth-order valence-corrected chi connectivity index (χ4v) is 6.11. The Morgan fingerprint density at radius 1 is 0.944 bits per heavy atom. The van der Waals surface area contributed by atoms with E-state index in [1.54, 1.807) is 16.4 Å². The van der Waals surface area contributed by atoms with Crippen molar-refractivity contribution in [2.45, 2.75) is 44.4 Å². The molecular weight excluding hydrogens is 472 g/mol. The summed E-state index contributed by atoms with van der Waals surface area (Å²) in [5.41, 5.74) is 2.76. The van der Waals surface area contributed by atoms with Gasteiger partial charge in [0.15, 0.2) is 5.65 Å². The number of aromatic nitrogens is 4. The van der Waals surface area contributed by atoms with Gasteiger partial charge in [-0.1, -0.05) is 56.2 Å². The van der Waals surface area contributed by atoms with Crippen LogP contribution >= 0.6 is 0 Å². The van der Waals surface area contributed by atoms with Crippen LogP contribution in [0.15, 0.2) is 65.7 Å². The Morgan fingerprint density at radius 3 is 2.31 bits per heavy atom. The molecule has 188 valence electrons. The molecule has 1 fully saturated rings. The van der Waals surface area contributed by atoms with E-state index in [1.165, 1.54) is 0 Å². The van der Waals surface area contributed by atoms with Crippen molar-refractivity contribution in [3.05, 3.63) is 72.2 Å². The maximum absolute atomic E-state index is 13.2. The summed E-state index contributed by atoms with van der Waals surface area (Å²) in [6.07, 6.45) is 3.86. The number of piperazine rings is 1. The molecule has 1 saturated heterocycles. The van der Waals surface area contributed by atoms with E-state index in [1.807, 2.05) is 60.3 Å². The molecular formula is C27H32N6O2S. The molecule has 0 spiro atoms. The van der Waals surface area contributed by atoms with Crippen LogP contribution in [0.5, 0.6) is 0 Å². The Labute approximate surface area is 212 Å². The van der Waals surface area contributed by atoms with Gasteiger partial charge in [0.2, 0.25) is 10.0 Å². The van der Waals surface area contributed by atoms with Crippen LogP contribution in [0.2, 0.25) is 0 Å². The summed E-state index contributed by atoms with van der Waals surface area (Å²) in [5, 5.41) is 5.53. The minimum Gasteiger partial charge on any atom is -0.353 e. The smallest absolute Gasteiger partial charge is 0.243 e. The van der Waals surface area contributed by atoms with Crippen LogP contribution in [0, 0.1) is 6.92 Å². The predicted molar refractivity (Wildman–Crippen MR) is 142 cm³/mol. The van der Waals surface area contributed by atoms with E-state index in [0.717, 1.165) is 46.8 Å². The zero-order valence-electron chi connectivity index (χ0n) is 21.0. The highest BCUT2D eigenvalue weighted by Crippen LogP contribution is 2.30. The van der Waals surface area contributed by atoms with Crippen LogP contribution < -0.4 is 4.90 Å². The van der Waals surface area contributed by atoms with E-state index in [9.17, 15) is 8.42 Å². The van der Waals surface area contributed by atoms with Crippen molar-refractivity contribution in [1.29, 1.82) is 0 Å². The first-order chi connectivity index (χ1) is 17.4. The highest BCUT2D eigenvalue weighted by atomic mass is 32.2. The van der Waals surface area contributed by atoms with Gasteiger partial charge in [-0.05, 0) is 37.6 Å². The van der Waals surface area contributed by atoms with Gasteiger partial charge in [-0.3, -0.25) is 0 Å². The second-order valence-electron chi connectivity index (χ2n) is 9.43. The van der Waals surface area contributed by atoms with Crippen LogP contribution in [0.25, 0.3) is 16.7 Å². The van der Waals surface area contributed by atoms with Crippen LogP contribution in [0.1, 0.15) is 44.0 Å². The van der Waals surface area contributed by atoms with Gasteiger partial charge in [0, 0.05) is 32.1 Å². The number of para-hydroxylation sites is 1. The van der Waals surface area contributed by atoms with Crippen molar-refractivity contribution in [3.63, 3.8) is 0 Å². The maximum Gasteiger partial charge on any atom is 0.243 e. The summed E-state index contributed by atoms with van der Waals surface area (Å²) in [4.78, 5) is 12.5. The van der Waals surface area contributed by atoms with Crippen molar-refractivity contribution in [1.82, 2.24) is 24.1 Å². The molecule has 2 aromatic heterocycles. The molecule has 0 bridgehead atoms. The van der Waals surface area contributed by atoms with Crippen LogP contribution in [-0.2, 0) is 10.0 Å². The van der Waals surface area contributed by atoms with Gasteiger partial charge in [0.25, 0.3) is 0 Å². The minimum absolute atomic E-state index is 0.209. The number of nitrogens with zero attached hydrogens (tertiary/aromatic N) is 6. The van der Waals surface area contributed by atoms with Gasteiger partial charge >= 0.3 is 0 Å². The lowest BCUT2D eigenvalue weighted by Gasteiger charge is -2.35. The van der Waals surface area contributed by atoms with Gasteiger partial charge in [0.05, 0.1) is 22.2 Å². The number of fused-ring (bicyclic) bond motifs is 1. The molecule has 1 atom stereocenters. The molecule has 1 aliphatic heterocycles. The molecule has 0 radical (unpaired) electrons. The van der Waals surface area contributed by atoms with E-state index in [4.69, 9.17) is 9.97 Å². The molecule has 1 aliphatic rings. The van der Waals surface area contributed by atoms with Gasteiger partial charge in [0.1, 0.15) is 11.6 Å². The zero-order valence-corrected chi connectivity index (χ0v) is 21.8. The molecule has 2 aromatic carbocycles. The highest BCUT2D eigenvalue weighted by Gasteiger charge is 2.30. The Balaban J connectivity index is 1.47. The molecule has 0 aliphatic carbocycles. The summed E-state index contributed by atoms with van der Waals surface area (Å²) in [6.45, 7) is 8.17. The molecule has 0 N–H and O–H groups in total. The summed E-state index contributed by atoms with van der Waals surface area (Å²) < 4.78 is 29.8. The van der Waals surface area contributed by atoms with Gasteiger partial charge < -0.3 is 4.90 Å². The average molecular weight is 505 g/mol. The van der Waals surface area contributed by atoms with Crippen molar-refractivity contribution in [3.8, 4) is 5.69 Å². The standard InChI is InChI=1S/C27H32N6O2S/c1-4-8-21(3)25-29-26(24-19-28-33(27(24)30-25)22-9-6-5-7-10-22)31-15-17-32(18-16-31)36(34,35)23-13-11-20(2)12-14-23/h5-7,9-14,19,21H,4,8,15-18H2,1-3H3. The Hall–Kier alpha value is -3.30. The number of sulfonamides is 1. The number of anilines is 1. The average Bonchev–Trinajstić information content (AvgIpc) is 3.33. The molecule has 3 heterocycles. The van der Waals surface area contributed by atoms with E-state index >= 15 is 0 Å². The van der Waals surface area contributed by atoms with Crippen LogP contribution in [0.4, 0.5) is 5.82 Å². The third-order valence-corrected chi connectivity index (χ3v) is 8.70. The van der Waals surface area contributed by atoms with Crippen molar-refractivity contribution in [2.24, 2.45) is 0 Å². The quantitative estimate of drug-likeness (QED) is 0.367. The number of hydrogen-bond acceptors (Lipinski definition) is 6. The first kappa shape index (κ1) is 24.4. The molecule has 8 nitrogen and oxygen atoms in total. The summed E-state index contributed by atoms with van der Waals surface area (Å²) in [5.74, 6) is 1.83. The monoisotopic (exact) mass is 504 g/mol. The molecule has 9 heteroatoms. The van der Waals surface area contributed by atoms with E-state index < -0.39 is 10.0 Å². The minimum atomic E-state index is -3.53.